The number of halogens is 3. The normalized spacial score (nSPS) is 12.5. The minimum Gasteiger partial charge on any atom is -0.388 e. The van der Waals surface area contributed by atoms with Crippen LogP contribution in [0.4, 0.5) is 8.78 Å². The molecule has 0 bridgehead atoms. The molecule has 0 aliphatic heterocycles. The maximum Gasteiger partial charge on any atom is 0.145 e. The number of aliphatic hydroxyl groups excluding tert-OH is 1. The molecule has 1 unspecified atom stereocenters. The van der Waals surface area contributed by atoms with Crippen molar-refractivity contribution in [2.45, 2.75) is 19.4 Å². The third-order valence-corrected chi connectivity index (χ3v) is 3.33. The fourth-order valence-electron chi connectivity index (χ4n) is 2.04. The Bertz CT molecular complexity index is 599. The lowest BCUT2D eigenvalue weighted by atomic mass is 9.97. The summed E-state index contributed by atoms with van der Waals surface area (Å²) in [5.41, 5.74) is 1.56. The largest absolute Gasteiger partial charge is 0.388 e. The standard InChI is InChI=1S/C15H13ClF2O/c1-9-7-11(17)5-6-12(9)14(19)8-10-3-2-4-13(16)15(10)18/h2-7,14,19H,8H2,1H3. The molecule has 0 saturated carbocycles. The summed E-state index contributed by atoms with van der Waals surface area (Å²) < 4.78 is 26.7. The topological polar surface area (TPSA) is 20.2 Å². The van der Waals surface area contributed by atoms with E-state index in [1.165, 1.54) is 24.3 Å². The van der Waals surface area contributed by atoms with Crippen LogP contribution in [0.3, 0.4) is 0 Å². The van der Waals surface area contributed by atoms with Crippen LogP contribution in [0.5, 0.6) is 0 Å². The first-order valence-electron chi connectivity index (χ1n) is 5.86. The van der Waals surface area contributed by atoms with E-state index < -0.39 is 11.9 Å². The van der Waals surface area contributed by atoms with E-state index in [1.807, 2.05) is 0 Å². The number of rotatable bonds is 3. The Balaban J connectivity index is 2.25. The van der Waals surface area contributed by atoms with E-state index in [1.54, 1.807) is 19.1 Å². The predicted octanol–water partition coefficient (Wildman–Crippen LogP) is 4.20. The third-order valence-electron chi connectivity index (χ3n) is 3.04. The van der Waals surface area contributed by atoms with Gasteiger partial charge in [-0.3, -0.25) is 0 Å². The highest BCUT2D eigenvalue weighted by atomic mass is 35.5. The summed E-state index contributed by atoms with van der Waals surface area (Å²) in [6, 6.07) is 8.79. The number of aryl methyl sites for hydroxylation is 1. The smallest absolute Gasteiger partial charge is 0.145 e. The summed E-state index contributed by atoms with van der Waals surface area (Å²) in [6.07, 6.45) is -0.799. The van der Waals surface area contributed by atoms with E-state index in [9.17, 15) is 13.9 Å². The minimum absolute atomic E-state index is 0.0283. The van der Waals surface area contributed by atoms with Crippen LogP contribution in [-0.2, 0) is 6.42 Å². The zero-order valence-electron chi connectivity index (χ0n) is 10.3. The van der Waals surface area contributed by atoms with Gasteiger partial charge in [-0.25, -0.2) is 8.78 Å². The summed E-state index contributed by atoms with van der Waals surface area (Å²) in [6.45, 7) is 1.70. The van der Waals surface area contributed by atoms with Gasteiger partial charge < -0.3 is 5.11 Å². The quantitative estimate of drug-likeness (QED) is 0.894. The number of benzene rings is 2. The molecule has 0 aliphatic carbocycles. The van der Waals surface area contributed by atoms with Crippen LogP contribution in [0.15, 0.2) is 36.4 Å². The van der Waals surface area contributed by atoms with Crippen LogP contribution in [-0.4, -0.2) is 5.11 Å². The molecular formula is C15H13ClF2O. The molecule has 0 aliphatic rings. The molecule has 0 radical (unpaired) electrons. The summed E-state index contributed by atoms with van der Waals surface area (Å²) in [5.74, 6) is -0.884. The average molecular weight is 283 g/mol. The zero-order chi connectivity index (χ0) is 14.0. The molecule has 0 aromatic heterocycles. The van der Waals surface area contributed by atoms with Crippen molar-refractivity contribution in [1.29, 1.82) is 0 Å². The van der Waals surface area contributed by atoms with Gasteiger partial charge in [0, 0.05) is 6.42 Å². The Labute approximate surface area is 115 Å². The summed E-state index contributed by atoms with van der Waals surface area (Å²) in [4.78, 5) is 0. The van der Waals surface area contributed by atoms with Gasteiger partial charge in [0.05, 0.1) is 11.1 Å². The molecular weight excluding hydrogens is 270 g/mol. The van der Waals surface area contributed by atoms with Crippen molar-refractivity contribution in [3.05, 3.63) is 69.7 Å². The monoisotopic (exact) mass is 282 g/mol. The highest BCUT2D eigenvalue weighted by Crippen LogP contribution is 2.25. The Kier molecular flexibility index (Phi) is 4.17. The van der Waals surface area contributed by atoms with Gasteiger partial charge in [0.15, 0.2) is 0 Å². The van der Waals surface area contributed by atoms with E-state index in [-0.39, 0.29) is 17.3 Å². The molecule has 100 valence electrons. The lowest BCUT2D eigenvalue weighted by Gasteiger charge is -2.14. The van der Waals surface area contributed by atoms with Gasteiger partial charge in [0.1, 0.15) is 11.6 Å². The van der Waals surface area contributed by atoms with Crippen LogP contribution in [0.25, 0.3) is 0 Å². The lowest BCUT2D eigenvalue weighted by molar-refractivity contribution is 0.176. The van der Waals surface area contributed by atoms with Crippen molar-refractivity contribution in [3.8, 4) is 0 Å². The van der Waals surface area contributed by atoms with Crippen LogP contribution < -0.4 is 0 Å². The predicted molar refractivity (Wildman–Crippen MR) is 71.2 cm³/mol. The molecule has 19 heavy (non-hydrogen) atoms. The second-order valence-electron chi connectivity index (χ2n) is 4.43. The summed E-state index contributed by atoms with van der Waals surface area (Å²) >= 11 is 5.69. The van der Waals surface area contributed by atoms with E-state index in [0.717, 1.165) is 0 Å². The number of aliphatic hydroxyl groups is 1. The van der Waals surface area contributed by atoms with Crippen LogP contribution in [0.1, 0.15) is 22.8 Å². The van der Waals surface area contributed by atoms with Crippen LogP contribution in [0.2, 0.25) is 5.02 Å². The summed E-state index contributed by atoms with van der Waals surface area (Å²) in [5, 5.41) is 10.2. The van der Waals surface area contributed by atoms with Crippen molar-refractivity contribution < 1.29 is 13.9 Å². The first-order valence-corrected chi connectivity index (χ1v) is 6.24. The number of hydrogen-bond acceptors (Lipinski definition) is 1. The van der Waals surface area contributed by atoms with Gasteiger partial charge >= 0.3 is 0 Å². The van der Waals surface area contributed by atoms with E-state index >= 15 is 0 Å². The Morgan fingerprint density at radius 1 is 1.21 bits per heavy atom. The molecule has 2 aromatic carbocycles. The molecule has 2 rings (SSSR count). The van der Waals surface area contributed by atoms with Crippen molar-refractivity contribution in [3.63, 3.8) is 0 Å². The molecule has 4 heteroatoms. The van der Waals surface area contributed by atoms with E-state index in [2.05, 4.69) is 0 Å². The van der Waals surface area contributed by atoms with Crippen molar-refractivity contribution in [2.24, 2.45) is 0 Å². The third kappa shape index (κ3) is 3.11. The van der Waals surface area contributed by atoms with E-state index in [4.69, 9.17) is 11.6 Å². The highest BCUT2D eigenvalue weighted by Gasteiger charge is 2.15. The molecule has 0 saturated heterocycles. The molecule has 0 heterocycles. The average Bonchev–Trinajstić information content (AvgIpc) is 2.34. The van der Waals surface area contributed by atoms with Crippen LogP contribution >= 0.6 is 11.6 Å². The van der Waals surface area contributed by atoms with Gasteiger partial charge in [0.2, 0.25) is 0 Å². The Morgan fingerprint density at radius 2 is 1.95 bits per heavy atom. The summed E-state index contributed by atoms with van der Waals surface area (Å²) in [7, 11) is 0. The lowest BCUT2D eigenvalue weighted by Crippen LogP contribution is -2.06. The zero-order valence-corrected chi connectivity index (χ0v) is 11.1. The van der Waals surface area contributed by atoms with Crippen molar-refractivity contribution in [2.75, 3.05) is 0 Å². The molecule has 1 nitrogen and oxygen atoms in total. The number of hydrogen-bond donors (Lipinski definition) is 1. The highest BCUT2D eigenvalue weighted by molar-refractivity contribution is 6.30. The molecule has 2 aromatic rings. The van der Waals surface area contributed by atoms with Gasteiger partial charge in [-0.15, -0.1) is 0 Å². The molecule has 1 N–H and O–H groups in total. The Hall–Kier alpha value is -1.45. The second-order valence-corrected chi connectivity index (χ2v) is 4.84. The molecule has 1 atom stereocenters. The molecule has 0 fully saturated rings. The first kappa shape index (κ1) is 14.0. The molecule has 0 spiro atoms. The van der Waals surface area contributed by atoms with Gasteiger partial charge in [-0.1, -0.05) is 29.8 Å². The van der Waals surface area contributed by atoms with Gasteiger partial charge in [-0.2, -0.15) is 0 Å². The SMILES string of the molecule is Cc1cc(F)ccc1C(O)Cc1cccc(Cl)c1F. The van der Waals surface area contributed by atoms with Crippen molar-refractivity contribution in [1.82, 2.24) is 0 Å². The van der Waals surface area contributed by atoms with Gasteiger partial charge in [-0.05, 0) is 41.8 Å². The Morgan fingerprint density at radius 3 is 2.63 bits per heavy atom. The fraction of sp³-hybridized carbons (Fsp3) is 0.200. The maximum absolute atomic E-state index is 13.7. The molecule has 0 amide bonds. The maximum atomic E-state index is 13.7. The second kappa shape index (κ2) is 5.68. The van der Waals surface area contributed by atoms with Gasteiger partial charge in [0.25, 0.3) is 0 Å². The van der Waals surface area contributed by atoms with Crippen LogP contribution in [0, 0.1) is 18.6 Å². The van der Waals surface area contributed by atoms with Crippen molar-refractivity contribution >= 4 is 11.6 Å². The fourth-order valence-corrected chi connectivity index (χ4v) is 2.23. The minimum atomic E-state index is -0.895. The van der Waals surface area contributed by atoms with E-state index in [0.29, 0.717) is 16.7 Å². The first-order chi connectivity index (χ1) is 8.99.